The van der Waals surface area contributed by atoms with E-state index in [9.17, 15) is 4.79 Å². The molecule has 1 saturated heterocycles. The normalized spacial score (nSPS) is 23.0. The van der Waals surface area contributed by atoms with Crippen molar-refractivity contribution in [2.75, 3.05) is 0 Å². The number of hydrogen-bond acceptors (Lipinski definition) is 4. The van der Waals surface area contributed by atoms with Crippen molar-refractivity contribution in [2.45, 2.75) is 56.6 Å². The molecule has 0 saturated carbocycles. The maximum absolute atomic E-state index is 11.8. The van der Waals surface area contributed by atoms with E-state index in [2.05, 4.69) is 37.0 Å². The number of piperidine rings is 1. The quantitative estimate of drug-likeness (QED) is 0.767. The van der Waals surface area contributed by atoms with Crippen molar-refractivity contribution < 1.29 is 4.79 Å². The molecule has 18 heavy (non-hydrogen) atoms. The molecule has 0 aliphatic carbocycles. The van der Waals surface area contributed by atoms with E-state index in [1.165, 1.54) is 0 Å². The number of Topliss-reactive ketones (excluding diaryl/α,β-unsaturated/α-hetero) is 1. The lowest BCUT2D eigenvalue weighted by atomic mass is 9.82. The third-order valence-corrected chi connectivity index (χ3v) is 4.78. The van der Waals surface area contributed by atoms with Crippen LogP contribution in [-0.2, 0) is 4.79 Å². The maximum Gasteiger partial charge on any atom is 0.136 e. The molecule has 2 heterocycles. The van der Waals surface area contributed by atoms with E-state index in [4.69, 9.17) is 0 Å². The van der Waals surface area contributed by atoms with Gasteiger partial charge in [-0.2, -0.15) is 0 Å². The number of pyridine rings is 1. The van der Waals surface area contributed by atoms with E-state index in [1.807, 2.05) is 18.2 Å². The van der Waals surface area contributed by atoms with Crippen molar-refractivity contribution in [2.24, 2.45) is 0 Å². The molecule has 0 atom stereocenters. The van der Waals surface area contributed by atoms with Gasteiger partial charge < -0.3 is 0 Å². The molecule has 0 spiro atoms. The van der Waals surface area contributed by atoms with Crippen LogP contribution in [0.5, 0.6) is 0 Å². The second-order valence-corrected chi connectivity index (χ2v) is 7.04. The molecule has 3 nitrogen and oxygen atoms in total. The molecular formula is C14H20N2OS. The zero-order valence-electron chi connectivity index (χ0n) is 11.4. The van der Waals surface area contributed by atoms with Gasteiger partial charge in [0.2, 0.25) is 0 Å². The highest BCUT2D eigenvalue weighted by Crippen LogP contribution is 2.43. The van der Waals surface area contributed by atoms with Crippen LogP contribution < -0.4 is 0 Å². The average Bonchev–Trinajstić information content (AvgIpc) is 2.23. The van der Waals surface area contributed by atoms with Crippen molar-refractivity contribution in [3.05, 3.63) is 24.4 Å². The van der Waals surface area contributed by atoms with Crippen molar-refractivity contribution in [3.8, 4) is 0 Å². The molecule has 1 aliphatic rings. The summed E-state index contributed by atoms with van der Waals surface area (Å²) in [5.41, 5.74) is -0.276. The summed E-state index contributed by atoms with van der Waals surface area (Å²) in [5.74, 6) is 0.350. The molecule has 0 radical (unpaired) electrons. The fourth-order valence-electron chi connectivity index (χ4n) is 2.73. The van der Waals surface area contributed by atoms with Crippen molar-refractivity contribution in [3.63, 3.8) is 0 Å². The van der Waals surface area contributed by atoms with Crippen molar-refractivity contribution in [1.82, 2.24) is 9.29 Å². The molecule has 0 bridgehead atoms. The Balaban J connectivity index is 2.26. The standard InChI is InChI=1S/C14H20N2OS/c1-13(2)9-11(17)10-14(3,4)16(13)18-12-7-5-6-8-15-12/h5-8H,9-10H2,1-4H3. The van der Waals surface area contributed by atoms with Crippen LogP contribution in [0, 0.1) is 0 Å². The second kappa shape index (κ2) is 4.67. The van der Waals surface area contributed by atoms with Crippen LogP contribution in [0.3, 0.4) is 0 Å². The van der Waals surface area contributed by atoms with E-state index in [-0.39, 0.29) is 11.1 Å². The van der Waals surface area contributed by atoms with Gasteiger partial charge in [-0.05, 0) is 51.8 Å². The number of carbonyl (C=O) groups excluding carboxylic acids is 1. The summed E-state index contributed by atoms with van der Waals surface area (Å²) in [6, 6.07) is 5.91. The van der Waals surface area contributed by atoms with Crippen molar-refractivity contribution >= 4 is 17.7 Å². The fourth-order valence-corrected chi connectivity index (χ4v) is 3.79. The van der Waals surface area contributed by atoms with Gasteiger partial charge in [-0.1, -0.05) is 6.07 Å². The first-order chi connectivity index (χ1) is 8.31. The molecular weight excluding hydrogens is 244 g/mol. The van der Waals surface area contributed by atoms with Crippen molar-refractivity contribution in [1.29, 1.82) is 0 Å². The lowest BCUT2D eigenvalue weighted by Gasteiger charge is -2.50. The molecule has 0 amide bonds. The van der Waals surface area contributed by atoms with Gasteiger partial charge in [0.25, 0.3) is 0 Å². The van der Waals surface area contributed by atoms with E-state index >= 15 is 0 Å². The average molecular weight is 264 g/mol. The molecule has 0 N–H and O–H groups in total. The summed E-state index contributed by atoms with van der Waals surface area (Å²) in [6.45, 7) is 8.51. The van der Waals surface area contributed by atoms with Crippen LogP contribution >= 0.6 is 11.9 Å². The SMILES string of the molecule is CC1(C)CC(=O)CC(C)(C)N1Sc1ccccn1. The Hall–Kier alpha value is -0.870. The second-order valence-electron chi connectivity index (χ2n) is 6.07. The van der Waals surface area contributed by atoms with Gasteiger partial charge in [0.15, 0.2) is 0 Å². The van der Waals surface area contributed by atoms with E-state index in [0.717, 1.165) is 5.03 Å². The highest BCUT2D eigenvalue weighted by Gasteiger charge is 2.45. The zero-order valence-corrected chi connectivity index (χ0v) is 12.3. The predicted octanol–water partition coefficient (Wildman–Crippen LogP) is 3.31. The van der Waals surface area contributed by atoms with Gasteiger partial charge >= 0.3 is 0 Å². The number of ketones is 1. The Morgan fingerprint density at radius 3 is 2.28 bits per heavy atom. The Morgan fingerprint density at radius 1 is 1.17 bits per heavy atom. The molecule has 98 valence electrons. The van der Waals surface area contributed by atoms with Gasteiger partial charge in [-0.3, -0.25) is 4.79 Å². The van der Waals surface area contributed by atoms with Crippen LogP contribution in [-0.4, -0.2) is 26.2 Å². The maximum atomic E-state index is 11.8. The summed E-state index contributed by atoms with van der Waals surface area (Å²) >= 11 is 1.65. The first-order valence-corrected chi connectivity index (χ1v) is 7.00. The van der Waals surface area contributed by atoms with Gasteiger partial charge in [0.05, 0.1) is 0 Å². The first kappa shape index (κ1) is 13.6. The molecule has 2 rings (SSSR count). The molecule has 1 aromatic rings. The van der Waals surface area contributed by atoms with E-state index in [1.54, 1.807) is 18.1 Å². The highest BCUT2D eigenvalue weighted by molar-refractivity contribution is 7.97. The highest BCUT2D eigenvalue weighted by atomic mass is 32.2. The first-order valence-electron chi connectivity index (χ1n) is 6.22. The van der Waals surface area contributed by atoms with Gasteiger partial charge in [-0.15, -0.1) is 0 Å². The summed E-state index contributed by atoms with van der Waals surface area (Å²) < 4.78 is 2.32. The smallest absolute Gasteiger partial charge is 0.136 e. The third kappa shape index (κ3) is 2.75. The van der Waals surface area contributed by atoms with E-state index in [0.29, 0.717) is 18.6 Å². The van der Waals surface area contributed by atoms with Crippen LogP contribution in [0.25, 0.3) is 0 Å². The molecule has 1 aromatic heterocycles. The zero-order chi connectivity index (χ0) is 13.4. The minimum atomic E-state index is -0.138. The van der Waals surface area contributed by atoms with Gasteiger partial charge in [-0.25, -0.2) is 9.29 Å². The molecule has 0 aromatic carbocycles. The molecule has 1 fully saturated rings. The summed E-state index contributed by atoms with van der Waals surface area (Å²) in [4.78, 5) is 16.2. The monoisotopic (exact) mass is 264 g/mol. The number of carbonyl (C=O) groups is 1. The van der Waals surface area contributed by atoms with Crippen LogP contribution in [0.2, 0.25) is 0 Å². The Kier molecular flexibility index (Phi) is 3.52. The third-order valence-electron chi connectivity index (χ3n) is 3.18. The lowest BCUT2D eigenvalue weighted by molar-refractivity contribution is -0.127. The molecule has 1 aliphatic heterocycles. The number of rotatable bonds is 2. The number of hydrogen-bond donors (Lipinski definition) is 0. The fraction of sp³-hybridized carbons (Fsp3) is 0.571. The largest absolute Gasteiger partial charge is 0.300 e. The van der Waals surface area contributed by atoms with Crippen LogP contribution in [0.1, 0.15) is 40.5 Å². The van der Waals surface area contributed by atoms with Crippen LogP contribution in [0.15, 0.2) is 29.4 Å². The minimum Gasteiger partial charge on any atom is -0.300 e. The lowest BCUT2D eigenvalue weighted by Crippen LogP contribution is -2.57. The molecule has 4 heteroatoms. The molecule has 0 unspecified atom stereocenters. The Bertz CT molecular complexity index is 422. The number of nitrogens with zero attached hydrogens (tertiary/aromatic N) is 2. The van der Waals surface area contributed by atoms with E-state index < -0.39 is 0 Å². The minimum absolute atomic E-state index is 0.138. The Morgan fingerprint density at radius 2 is 1.78 bits per heavy atom. The van der Waals surface area contributed by atoms with Gasteiger partial charge in [0, 0.05) is 30.1 Å². The van der Waals surface area contributed by atoms with Gasteiger partial charge in [0.1, 0.15) is 10.8 Å². The number of aromatic nitrogens is 1. The summed E-state index contributed by atoms with van der Waals surface area (Å²) in [5, 5.41) is 0.980. The van der Waals surface area contributed by atoms with Crippen LogP contribution in [0.4, 0.5) is 0 Å². The predicted molar refractivity (Wildman–Crippen MR) is 74.3 cm³/mol. The topological polar surface area (TPSA) is 33.2 Å². The summed E-state index contributed by atoms with van der Waals surface area (Å²) in [7, 11) is 0. The summed E-state index contributed by atoms with van der Waals surface area (Å²) in [6.07, 6.45) is 3.02. The Labute approximate surface area is 113 Å².